The first-order valence-corrected chi connectivity index (χ1v) is 11.4. The van der Waals surface area contributed by atoms with Gasteiger partial charge in [-0.1, -0.05) is 36.4 Å². The minimum atomic E-state index is -0.953. The molecule has 9 nitrogen and oxygen atoms in total. The first kappa shape index (κ1) is 25.1. The van der Waals surface area contributed by atoms with E-state index in [1.807, 2.05) is 30.3 Å². The molecule has 0 fully saturated rings. The number of nitrogens with two attached hydrogens (primary N) is 1. The highest BCUT2D eigenvalue weighted by atomic mass is 19.1. The largest absolute Gasteiger partial charge is 0.398 e. The molecule has 10 heteroatoms. The fraction of sp³-hybridized carbons (Fsp3) is 0.111. The molecule has 1 aliphatic heterocycles. The van der Waals surface area contributed by atoms with Crippen LogP contribution in [0.4, 0.5) is 20.6 Å². The third-order valence-corrected chi connectivity index (χ3v) is 5.88. The molecule has 0 radical (unpaired) electrons. The van der Waals surface area contributed by atoms with Crippen LogP contribution in [0.2, 0.25) is 0 Å². The number of carbonyl (C=O) groups is 3. The van der Waals surface area contributed by atoms with Crippen LogP contribution in [0.1, 0.15) is 40.0 Å². The molecule has 1 unspecified atom stereocenters. The number of carbonyl (C=O) groups excluding carboxylic acids is 3. The van der Waals surface area contributed by atoms with Crippen molar-refractivity contribution in [2.24, 2.45) is 0 Å². The maximum Gasteiger partial charge on any atom is 0.319 e. The highest BCUT2D eigenvalue weighted by Gasteiger charge is 2.32. The summed E-state index contributed by atoms with van der Waals surface area (Å²) in [4.78, 5) is 38.3. The Hall–Kier alpha value is -4.99. The lowest BCUT2D eigenvalue weighted by molar-refractivity contribution is -0.113. The van der Waals surface area contributed by atoms with E-state index in [0.29, 0.717) is 28.2 Å². The number of anilines is 2. The lowest BCUT2D eigenvalue weighted by Gasteiger charge is -2.29. The first-order valence-electron chi connectivity index (χ1n) is 11.4. The van der Waals surface area contributed by atoms with E-state index in [1.54, 1.807) is 25.1 Å². The summed E-state index contributed by atoms with van der Waals surface area (Å²) in [6.07, 6.45) is 1.07. The third kappa shape index (κ3) is 5.64. The smallest absolute Gasteiger partial charge is 0.319 e. The summed E-state index contributed by atoms with van der Waals surface area (Å²) in [6.45, 7) is 1.78. The molecule has 4 rings (SSSR count). The number of benzene rings is 3. The van der Waals surface area contributed by atoms with Gasteiger partial charge in [-0.3, -0.25) is 9.59 Å². The zero-order chi connectivity index (χ0) is 26.5. The zero-order valence-electron chi connectivity index (χ0n) is 19.9. The normalized spacial score (nSPS) is 14.9. The molecule has 37 heavy (non-hydrogen) atoms. The van der Waals surface area contributed by atoms with Crippen molar-refractivity contribution >= 4 is 35.4 Å². The van der Waals surface area contributed by atoms with Crippen LogP contribution in [-0.2, 0) is 11.3 Å². The number of urea groups is 1. The second-order valence-corrected chi connectivity index (χ2v) is 8.42. The van der Waals surface area contributed by atoms with E-state index in [4.69, 9.17) is 11.1 Å². The Labute approximate surface area is 212 Å². The van der Waals surface area contributed by atoms with Crippen molar-refractivity contribution in [1.82, 2.24) is 16.0 Å². The molecule has 3 aromatic rings. The van der Waals surface area contributed by atoms with E-state index < -0.39 is 29.7 Å². The second kappa shape index (κ2) is 10.7. The number of nitrogen functional groups attached to an aromatic ring is 1. The Morgan fingerprint density at radius 1 is 1.08 bits per heavy atom. The van der Waals surface area contributed by atoms with E-state index >= 15 is 0 Å². The summed E-state index contributed by atoms with van der Waals surface area (Å²) in [7, 11) is 0. The van der Waals surface area contributed by atoms with E-state index in [2.05, 4.69) is 21.3 Å². The van der Waals surface area contributed by atoms with Gasteiger partial charge in [0, 0.05) is 35.4 Å². The average molecular weight is 501 g/mol. The van der Waals surface area contributed by atoms with E-state index in [-0.39, 0.29) is 17.7 Å². The summed E-state index contributed by atoms with van der Waals surface area (Å²) in [5.41, 5.74) is 8.50. The van der Waals surface area contributed by atoms with Gasteiger partial charge in [-0.05, 0) is 48.4 Å². The van der Waals surface area contributed by atoms with Crippen molar-refractivity contribution in [2.75, 3.05) is 11.1 Å². The molecule has 7 N–H and O–H groups in total. The van der Waals surface area contributed by atoms with Crippen LogP contribution >= 0.6 is 0 Å². The van der Waals surface area contributed by atoms with Gasteiger partial charge in [0.2, 0.25) is 0 Å². The van der Waals surface area contributed by atoms with Gasteiger partial charge in [0.1, 0.15) is 5.82 Å². The Bertz CT molecular complexity index is 1420. The van der Waals surface area contributed by atoms with Crippen molar-refractivity contribution in [1.29, 1.82) is 5.41 Å². The van der Waals surface area contributed by atoms with Gasteiger partial charge in [0.15, 0.2) is 0 Å². The highest BCUT2D eigenvalue weighted by molar-refractivity contribution is 6.07. The van der Waals surface area contributed by atoms with Gasteiger partial charge in [-0.2, -0.15) is 0 Å². The van der Waals surface area contributed by atoms with Crippen LogP contribution in [0.15, 0.2) is 78.0 Å². The van der Waals surface area contributed by atoms with Crippen molar-refractivity contribution in [2.45, 2.75) is 19.5 Å². The van der Waals surface area contributed by atoms with Gasteiger partial charge in [-0.15, -0.1) is 0 Å². The summed E-state index contributed by atoms with van der Waals surface area (Å²) >= 11 is 0. The highest BCUT2D eigenvalue weighted by Crippen LogP contribution is 2.29. The van der Waals surface area contributed by atoms with Crippen LogP contribution < -0.4 is 27.0 Å². The average Bonchev–Trinajstić information content (AvgIpc) is 2.88. The van der Waals surface area contributed by atoms with Crippen LogP contribution in [0.5, 0.6) is 0 Å². The fourth-order valence-electron chi connectivity index (χ4n) is 3.99. The minimum absolute atomic E-state index is 0.176. The van der Waals surface area contributed by atoms with Gasteiger partial charge < -0.3 is 32.4 Å². The second-order valence-electron chi connectivity index (χ2n) is 8.42. The van der Waals surface area contributed by atoms with Crippen molar-refractivity contribution < 1.29 is 18.8 Å². The molecule has 0 saturated heterocycles. The van der Waals surface area contributed by atoms with E-state index in [9.17, 15) is 18.8 Å². The summed E-state index contributed by atoms with van der Waals surface area (Å²) in [5, 5.41) is 18.1. The molecule has 1 atom stereocenters. The molecular weight excluding hydrogens is 475 g/mol. The Morgan fingerprint density at radius 2 is 1.84 bits per heavy atom. The van der Waals surface area contributed by atoms with E-state index in [1.165, 1.54) is 12.1 Å². The zero-order valence-corrected chi connectivity index (χ0v) is 19.9. The first-order chi connectivity index (χ1) is 17.8. The van der Waals surface area contributed by atoms with Crippen LogP contribution in [0.25, 0.3) is 0 Å². The third-order valence-electron chi connectivity index (χ3n) is 5.88. The molecule has 1 aliphatic rings. The molecule has 0 spiro atoms. The quantitative estimate of drug-likeness (QED) is 0.217. The topological polar surface area (TPSA) is 149 Å². The van der Waals surface area contributed by atoms with Gasteiger partial charge in [0.05, 0.1) is 17.2 Å². The summed E-state index contributed by atoms with van der Waals surface area (Å²) < 4.78 is 14.6. The maximum absolute atomic E-state index is 14.6. The van der Waals surface area contributed by atoms with Crippen LogP contribution in [-0.4, -0.2) is 24.1 Å². The Kier molecular flexibility index (Phi) is 7.28. The number of amides is 4. The molecule has 0 bridgehead atoms. The summed E-state index contributed by atoms with van der Waals surface area (Å²) in [5.74, 6) is -1.89. The number of hydrogen-bond acceptors (Lipinski definition) is 5. The number of nitrogens with one attached hydrogen (secondary N) is 5. The van der Waals surface area contributed by atoms with Crippen molar-refractivity contribution in [3.8, 4) is 0 Å². The molecule has 1 heterocycles. The minimum Gasteiger partial charge on any atom is -0.398 e. The molecule has 4 amide bonds. The van der Waals surface area contributed by atoms with Gasteiger partial charge in [-0.25, -0.2) is 9.18 Å². The molecule has 188 valence electrons. The molecule has 0 saturated carbocycles. The molecule has 3 aromatic carbocycles. The molecule has 0 aliphatic carbocycles. The Morgan fingerprint density at radius 3 is 2.57 bits per heavy atom. The number of hydrogen-bond donors (Lipinski definition) is 6. The van der Waals surface area contributed by atoms with E-state index in [0.717, 1.165) is 17.8 Å². The maximum atomic E-state index is 14.6. The fourth-order valence-corrected chi connectivity index (χ4v) is 3.99. The number of allylic oxidation sites excluding steroid dienone is 1. The lowest BCUT2D eigenvalue weighted by Crippen LogP contribution is -2.46. The summed E-state index contributed by atoms with van der Waals surface area (Å²) in [6, 6.07) is 16.3. The lowest BCUT2D eigenvalue weighted by atomic mass is 9.93. The SMILES string of the molecule is CC1=C(C(=O)Nc2ccc(N)c(C=N)c2)C(c2ccc(F)c(C(=O)NCc3ccccc3)c2)NC(=O)N1. The number of rotatable bonds is 7. The van der Waals surface area contributed by atoms with Crippen LogP contribution in [0, 0.1) is 11.2 Å². The predicted molar refractivity (Wildman–Crippen MR) is 138 cm³/mol. The predicted octanol–water partition coefficient (Wildman–Crippen LogP) is 3.60. The van der Waals surface area contributed by atoms with Gasteiger partial charge in [0.25, 0.3) is 11.8 Å². The van der Waals surface area contributed by atoms with Crippen LogP contribution in [0.3, 0.4) is 0 Å². The van der Waals surface area contributed by atoms with Crippen molar-refractivity contribution in [3.63, 3.8) is 0 Å². The number of halogens is 1. The monoisotopic (exact) mass is 500 g/mol. The van der Waals surface area contributed by atoms with Crippen molar-refractivity contribution in [3.05, 3.63) is 106 Å². The Balaban J connectivity index is 1.61. The molecule has 0 aromatic heterocycles. The standard InChI is InChI=1S/C27H25FN6O3/c1-15-23(26(36)33-19-8-10-22(30)18(11-19)13-29)24(34-27(37)32-15)17-7-9-21(28)20(12-17)25(35)31-14-16-5-3-2-4-6-16/h2-13,24,29H,14,30H2,1H3,(H,31,35)(H,33,36)(H2,32,34,37). The van der Waals surface area contributed by atoms with Gasteiger partial charge >= 0.3 is 6.03 Å². The molecular formula is C27H25FN6O3.